The Hall–Kier alpha value is -1.31. The molecule has 102 valence electrons. The van der Waals surface area contributed by atoms with Gasteiger partial charge in [-0.15, -0.1) is 0 Å². The fraction of sp³-hybridized carbons (Fsp3) is 0.455. The van der Waals surface area contributed by atoms with Crippen molar-refractivity contribution in [1.29, 1.82) is 0 Å². The van der Waals surface area contributed by atoms with Crippen LogP contribution < -0.4 is 15.8 Å². The number of benzene rings is 1. The van der Waals surface area contributed by atoms with Gasteiger partial charge in [-0.1, -0.05) is 6.92 Å². The Morgan fingerprint density at radius 1 is 1.44 bits per heavy atom. The highest BCUT2D eigenvalue weighted by Crippen LogP contribution is 2.23. The van der Waals surface area contributed by atoms with E-state index in [-0.39, 0.29) is 11.4 Å². The maximum absolute atomic E-state index is 11.8. The van der Waals surface area contributed by atoms with Crippen LogP contribution in [0.5, 0.6) is 0 Å². The molecule has 0 aliphatic heterocycles. The topological polar surface area (TPSA) is 104 Å². The van der Waals surface area contributed by atoms with Crippen LogP contribution in [-0.4, -0.2) is 33.2 Å². The molecule has 0 saturated heterocycles. The molecule has 1 aromatic rings. The molecule has 5 N–H and O–H groups in total. The Morgan fingerprint density at radius 3 is 2.67 bits per heavy atom. The molecule has 1 atom stereocenters. The first kappa shape index (κ1) is 14.7. The second-order valence-electron chi connectivity index (χ2n) is 3.91. The van der Waals surface area contributed by atoms with Gasteiger partial charge >= 0.3 is 0 Å². The molecule has 0 radical (unpaired) electrons. The highest BCUT2D eigenvalue weighted by molar-refractivity contribution is 7.89. The number of rotatable bonds is 6. The van der Waals surface area contributed by atoms with E-state index in [1.54, 1.807) is 12.1 Å². The van der Waals surface area contributed by atoms with Crippen LogP contribution in [0.4, 0.5) is 11.4 Å². The number of anilines is 2. The molecule has 0 spiro atoms. The van der Waals surface area contributed by atoms with Gasteiger partial charge in [-0.3, -0.25) is 0 Å². The van der Waals surface area contributed by atoms with E-state index in [0.29, 0.717) is 17.8 Å². The smallest absolute Gasteiger partial charge is 0.242 e. The number of nitrogen functional groups attached to an aromatic ring is 1. The van der Waals surface area contributed by atoms with Gasteiger partial charge in [0.15, 0.2) is 0 Å². The van der Waals surface area contributed by atoms with Crippen LogP contribution >= 0.6 is 0 Å². The van der Waals surface area contributed by atoms with Crippen molar-refractivity contribution >= 4 is 21.4 Å². The Balaban J connectivity index is 3.05. The molecule has 0 fully saturated rings. The molecule has 0 amide bonds. The highest BCUT2D eigenvalue weighted by Gasteiger charge is 2.17. The SMILES string of the molecule is CCC(O)CNc1ccc(N)cc1S(=O)(=O)NC. The lowest BCUT2D eigenvalue weighted by Gasteiger charge is -2.15. The molecule has 7 heteroatoms. The molecule has 18 heavy (non-hydrogen) atoms. The van der Waals surface area contributed by atoms with Gasteiger partial charge in [-0.05, 0) is 31.7 Å². The predicted molar refractivity (Wildman–Crippen MR) is 71.9 cm³/mol. The molecule has 1 rings (SSSR count). The van der Waals surface area contributed by atoms with Crippen LogP contribution in [0.15, 0.2) is 23.1 Å². The lowest BCUT2D eigenvalue weighted by molar-refractivity contribution is 0.183. The van der Waals surface area contributed by atoms with Crippen molar-refractivity contribution in [3.8, 4) is 0 Å². The van der Waals surface area contributed by atoms with E-state index in [2.05, 4.69) is 10.0 Å². The summed E-state index contributed by atoms with van der Waals surface area (Å²) in [7, 11) is -2.24. The van der Waals surface area contributed by atoms with E-state index in [9.17, 15) is 13.5 Å². The van der Waals surface area contributed by atoms with Crippen molar-refractivity contribution in [2.24, 2.45) is 0 Å². The average molecular weight is 273 g/mol. The van der Waals surface area contributed by atoms with E-state index in [1.165, 1.54) is 13.1 Å². The molecule has 0 heterocycles. The number of aliphatic hydroxyl groups excluding tert-OH is 1. The molecule has 0 bridgehead atoms. The molecule has 1 aromatic carbocycles. The van der Waals surface area contributed by atoms with E-state index < -0.39 is 16.1 Å². The molecule has 0 aliphatic carbocycles. The molecule has 0 aliphatic rings. The first-order valence-corrected chi connectivity index (χ1v) is 7.14. The Kier molecular flexibility index (Phi) is 4.94. The van der Waals surface area contributed by atoms with Gasteiger partial charge in [0.1, 0.15) is 4.90 Å². The van der Waals surface area contributed by atoms with Crippen molar-refractivity contribution in [3.63, 3.8) is 0 Å². The lowest BCUT2D eigenvalue weighted by atomic mass is 10.2. The summed E-state index contributed by atoms with van der Waals surface area (Å²) in [6.45, 7) is 2.13. The number of hydrogen-bond donors (Lipinski definition) is 4. The van der Waals surface area contributed by atoms with Crippen molar-refractivity contribution < 1.29 is 13.5 Å². The predicted octanol–water partition coefficient (Wildman–Crippen LogP) is 0.360. The largest absolute Gasteiger partial charge is 0.399 e. The average Bonchev–Trinajstić information content (AvgIpc) is 2.36. The molecule has 0 aromatic heterocycles. The Morgan fingerprint density at radius 2 is 2.11 bits per heavy atom. The zero-order valence-corrected chi connectivity index (χ0v) is 11.3. The summed E-state index contributed by atoms with van der Waals surface area (Å²) in [5, 5.41) is 12.4. The van der Waals surface area contributed by atoms with E-state index in [4.69, 9.17) is 5.73 Å². The van der Waals surface area contributed by atoms with E-state index in [0.717, 1.165) is 0 Å². The summed E-state index contributed by atoms with van der Waals surface area (Å²) >= 11 is 0. The lowest BCUT2D eigenvalue weighted by Crippen LogP contribution is -2.23. The minimum absolute atomic E-state index is 0.0771. The third kappa shape index (κ3) is 3.59. The normalized spacial score (nSPS) is 13.3. The van der Waals surface area contributed by atoms with Crippen LogP contribution in [0.25, 0.3) is 0 Å². The fourth-order valence-corrected chi connectivity index (χ4v) is 2.33. The van der Waals surface area contributed by atoms with Crippen LogP contribution in [0.3, 0.4) is 0 Å². The standard InChI is InChI=1S/C11H19N3O3S/c1-3-9(15)7-14-10-5-4-8(12)6-11(10)18(16,17)13-2/h4-6,9,13-15H,3,7,12H2,1-2H3. The number of aliphatic hydroxyl groups is 1. The summed E-state index contributed by atoms with van der Waals surface area (Å²) in [5.74, 6) is 0. The summed E-state index contributed by atoms with van der Waals surface area (Å²) in [6, 6.07) is 4.57. The van der Waals surface area contributed by atoms with Crippen LogP contribution in [0, 0.1) is 0 Å². The third-order valence-electron chi connectivity index (χ3n) is 2.56. The molecule has 6 nitrogen and oxygen atoms in total. The molecular weight excluding hydrogens is 254 g/mol. The fourth-order valence-electron chi connectivity index (χ4n) is 1.39. The van der Waals surface area contributed by atoms with Gasteiger partial charge in [-0.2, -0.15) is 0 Å². The van der Waals surface area contributed by atoms with Gasteiger partial charge in [0.05, 0.1) is 11.8 Å². The molecular formula is C11H19N3O3S. The summed E-state index contributed by atoms with van der Waals surface area (Å²) < 4.78 is 25.9. The summed E-state index contributed by atoms with van der Waals surface area (Å²) in [5.41, 5.74) is 6.38. The van der Waals surface area contributed by atoms with Crippen molar-refractivity contribution in [2.75, 3.05) is 24.6 Å². The van der Waals surface area contributed by atoms with Gasteiger partial charge in [0.25, 0.3) is 0 Å². The minimum Gasteiger partial charge on any atom is -0.399 e. The summed E-state index contributed by atoms with van der Waals surface area (Å²) in [6.07, 6.45) is 0.0727. The van der Waals surface area contributed by atoms with Crippen molar-refractivity contribution in [1.82, 2.24) is 4.72 Å². The first-order valence-electron chi connectivity index (χ1n) is 5.65. The van der Waals surface area contributed by atoms with Gasteiger partial charge in [-0.25, -0.2) is 13.1 Å². The van der Waals surface area contributed by atoms with Crippen molar-refractivity contribution in [3.05, 3.63) is 18.2 Å². The Labute approximate surface area is 107 Å². The molecule has 1 unspecified atom stereocenters. The van der Waals surface area contributed by atoms with Gasteiger partial charge in [0, 0.05) is 12.2 Å². The van der Waals surface area contributed by atoms with Crippen LogP contribution in [0.1, 0.15) is 13.3 Å². The monoisotopic (exact) mass is 273 g/mol. The number of nitrogens with two attached hydrogens (primary N) is 1. The summed E-state index contributed by atoms with van der Waals surface area (Å²) in [4.78, 5) is 0.0771. The molecule has 0 saturated carbocycles. The third-order valence-corrected chi connectivity index (χ3v) is 4.02. The van der Waals surface area contributed by atoms with Crippen LogP contribution in [-0.2, 0) is 10.0 Å². The Bertz CT molecular complexity index is 502. The highest BCUT2D eigenvalue weighted by atomic mass is 32.2. The van der Waals surface area contributed by atoms with Crippen molar-refractivity contribution in [2.45, 2.75) is 24.3 Å². The van der Waals surface area contributed by atoms with Crippen LogP contribution in [0.2, 0.25) is 0 Å². The van der Waals surface area contributed by atoms with E-state index in [1.807, 2.05) is 6.92 Å². The maximum Gasteiger partial charge on any atom is 0.242 e. The second-order valence-corrected chi connectivity index (χ2v) is 5.76. The number of nitrogens with one attached hydrogen (secondary N) is 2. The quantitative estimate of drug-likeness (QED) is 0.560. The zero-order valence-electron chi connectivity index (χ0n) is 10.5. The van der Waals surface area contributed by atoms with Gasteiger partial charge < -0.3 is 16.2 Å². The van der Waals surface area contributed by atoms with E-state index >= 15 is 0 Å². The second kappa shape index (κ2) is 6.03. The van der Waals surface area contributed by atoms with Gasteiger partial charge in [0.2, 0.25) is 10.0 Å². The first-order chi connectivity index (χ1) is 8.40. The number of hydrogen-bond acceptors (Lipinski definition) is 5. The number of sulfonamides is 1. The minimum atomic E-state index is -3.58. The maximum atomic E-state index is 11.8. The zero-order chi connectivity index (χ0) is 13.8.